The molecule has 0 aliphatic rings. The lowest BCUT2D eigenvalue weighted by molar-refractivity contribution is 0.414. The molecule has 0 atom stereocenters. The Hall–Kier alpha value is -1.42. The third-order valence-corrected chi connectivity index (χ3v) is 1.69. The van der Waals surface area contributed by atoms with Gasteiger partial charge in [-0.1, -0.05) is 5.92 Å². The Morgan fingerprint density at radius 3 is 2.58 bits per heavy atom. The number of benzene rings is 1. The molecule has 0 saturated heterocycles. The summed E-state index contributed by atoms with van der Waals surface area (Å²) < 4.78 is 5.08. The van der Waals surface area contributed by atoms with Crippen molar-refractivity contribution in [1.82, 2.24) is 0 Å². The van der Waals surface area contributed by atoms with Crippen molar-refractivity contribution in [3.8, 4) is 17.6 Å². The van der Waals surface area contributed by atoms with Crippen LogP contribution in [0, 0.1) is 18.8 Å². The summed E-state index contributed by atoms with van der Waals surface area (Å²) in [5, 5.41) is 0. The summed E-state index contributed by atoms with van der Waals surface area (Å²) in [6.07, 6.45) is 0. The van der Waals surface area contributed by atoms with E-state index in [1.165, 1.54) is 0 Å². The Balaban J connectivity index is 3.09. The molecule has 1 nitrogen and oxygen atoms in total. The van der Waals surface area contributed by atoms with Crippen LogP contribution in [-0.4, -0.2) is 7.11 Å². The fourth-order valence-electron chi connectivity index (χ4n) is 1.04. The van der Waals surface area contributed by atoms with Gasteiger partial charge < -0.3 is 4.74 Å². The van der Waals surface area contributed by atoms with E-state index in [9.17, 15) is 0 Å². The van der Waals surface area contributed by atoms with Crippen LogP contribution in [0.5, 0.6) is 5.75 Å². The second kappa shape index (κ2) is 3.82. The molecule has 1 aromatic rings. The zero-order chi connectivity index (χ0) is 8.97. The molecule has 0 saturated carbocycles. The van der Waals surface area contributed by atoms with Crippen LogP contribution >= 0.6 is 0 Å². The zero-order valence-corrected chi connectivity index (χ0v) is 7.64. The molecule has 0 aliphatic carbocycles. The largest absolute Gasteiger partial charge is 0.497 e. The van der Waals surface area contributed by atoms with Crippen LogP contribution in [0.15, 0.2) is 18.2 Å². The lowest BCUT2D eigenvalue weighted by Gasteiger charge is -2.02. The molecular weight excluding hydrogens is 148 g/mol. The maximum Gasteiger partial charge on any atom is 0.119 e. The minimum atomic E-state index is 0.883. The Morgan fingerprint density at radius 1 is 1.33 bits per heavy atom. The minimum absolute atomic E-state index is 0.883. The number of aryl methyl sites for hydroxylation is 1. The van der Waals surface area contributed by atoms with E-state index < -0.39 is 0 Å². The number of hydrogen-bond acceptors (Lipinski definition) is 1. The first-order valence-electron chi connectivity index (χ1n) is 3.85. The van der Waals surface area contributed by atoms with Gasteiger partial charge in [-0.15, -0.1) is 5.92 Å². The molecule has 12 heavy (non-hydrogen) atoms. The second-order valence-corrected chi connectivity index (χ2v) is 2.56. The van der Waals surface area contributed by atoms with Gasteiger partial charge >= 0.3 is 0 Å². The molecule has 0 unspecified atom stereocenters. The molecule has 0 fully saturated rings. The van der Waals surface area contributed by atoms with Gasteiger partial charge in [0.05, 0.1) is 7.11 Å². The number of methoxy groups -OCH3 is 1. The van der Waals surface area contributed by atoms with Gasteiger partial charge in [-0.3, -0.25) is 0 Å². The highest BCUT2D eigenvalue weighted by Crippen LogP contribution is 2.15. The fourth-order valence-corrected chi connectivity index (χ4v) is 1.04. The molecule has 62 valence electrons. The average molecular weight is 160 g/mol. The highest BCUT2D eigenvalue weighted by atomic mass is 16.5. The van der Waals surface area contributed by atoms with Gasteiger partial charge in [-0.2, -0.15) is 0 Å². The van der Waals surface area contributed by atoms with E-state index in [-0.39, 0.29) is 0 Å². The quantitative estimate of drug-likeness (QED) is 0.573. The normalized spacial score (nSPS) is 8.58. The van der Waals surface area contributed by atoms with Crippen LogP contribution in [0.4, 0.5) is 0 Å². The van der Waals surface area contributed by atoms with Crippen LogP contribution in [-0.2, 0) is 0 Å². The Bertz CT molecular complexity index is 329. The van der Waals surface area contributed by atoms with E-state index in [4.69, 9.17) is 4.74 Å². The van der Waals surface area contributed by atoms with Crippen LogP contribution in [0.2, 0.25) is 0 Å². The molecule has 1 rings (SSSR count). The summed E-state index contributed by atoms with van der Waals surface area (Å²) in [5.41, 5.74) is 2.22. The molecule has 0 bridgehead atoms. The lowest BCUT2D eigenvalue weighted by atomic mass is 10.1. The summed E-state index contributed by atoms with van der Waals surface area (Å²) >= 11 is 0. The SMILES string of the molecule is CC#Cc1ccc(OC)cc1C. The predicted molar refractivity (Wildman–Crippen MR) is 50.3 cm³/mol. The Labute approximate surface area is 73.4 Å². The van der Waals surface area contributed by atoms with Crippen molar-refractivity contribution in [3.63, 3.8) is 0 Å². The first-order chi connectivity index (χ1) is 5.77. The number of hydrogen-bond donors (Lipinski definition) is 0. The summed E-state index contributed by atoms with van der Waals surface area (Å²) in [6.45, 7) is 3.87. The van der Waals surface area contributed by atoms with Gasteiger partial charge in [0.1, 0.15) is 5.75 Å². The molecule has 0 heterocycles. The third kappa shape index (κ3) is 1.79. The van der Waals surface area contributed by atoms with Crippen molar-refractivity contribution in [2.75, 3.05) is 7.11 Å². The van der Waals surface area contributed by atoms with Crippen molar-refractivity contribution in [3.05, 3.63) is 29.3 Å². The summed E-state index contributed by atoms with van der Waals surface area (Å²) in [6, 6.07) is 5.89. The topological polar surface area (TPSA) is 9.23 Å². The van der Waals surface area contributed by atoms with Crippen LogP contribution in [0.1, 0.15) is 18.1 Å². The second-order valence-electron chi connectivity index (χ2n) is 2.56. The van der Waals surface area contributed by atoms with Crippen molar-refractivity contribution in [1.29, 1.82) is 0 Å². The standard InChI is InChI=1S/C11H12O/c1-4-5-10-6-7-11(12-3)8-9(10)2/h6-8H,1-3H3. The fraction of sp³-hybridized carbons (Fsp3) is 0.273. The molecule has 0 spiro atoms. The first kappa shape index (κ1) is 8.67. The van der Waals surface area contributed by atoms with E-state index in [2.05, 4.69) is 11.8 Å². The summed E-state index contributed by atoms with van der Waals surface area (Å²) in [5.74, 6) is 6.78. The molecule has 0 amide bonds. The van der Waals surface area contributed by atoms with Crippen LogP contribution < -0.4 is 4.74 Å². The van der Waals surface area contributed by atoms with E-state index in [1.807, 2.05) is 32.0 Å². The van der Waals surface area contributed by atoms with E-state index in [0.717, 1.165) is 16.9 Å². The smallest absolute Gasteiger partial charge is 0.119 e. The lowest BCUT2D eigenvalue weighted by Crippen LogP contribution is -1.86. The van der Waals surface area contributed by atoms with Gasteiger partial charge in [0, 0.05) is 5.56 Å². The van der Waals surface area contributed by atoms with E-state index in [1.54, 1.807) is 7.11 Å². The van der Waals surface area contributed by atoms with Crippen molar-refractivity contribution in [2.45, 2.75) is 13.8 Å². The monoisotopic (exact) mass is 160 g/mol. The maximum atomic E-state index is 5.08. The van der Waals surface area contributed by atoms with E-state index >= 15 is 0 Å². The van der Waals surface area contributed by atoms with E-state index in [0.29, 0.717) is 0 Å². The van der Waals surface area contributed by atoms with Gasteiger partial charge in [0.25, 0.3) is 0 Å². The summed E-state index contributed by atoms with van der Waals surface area (Å²) in [4.78, 5) is 0. The highest BCUT2D eigenvalue weighted by molar-refractivity contribution is 5.44. The third-order valence-electron chi connectivity index (χ3n) is 1.69. The summed E-state index contributed by atoms with van der Waals surface area (Å²) in [7, 11) is 1.67. The van der Waals surface area contributed by atoms with Crippen molar-refractivity contribution in [2.24, 2.45) is 0 Å². The molecule has 0 radical (unpaired) electrons. The number of ether oxygens (including phenoxy) is 1. The molecule has 0 aromatic heterocycles. The Morgan fingerprint density at radius 2 is 2.08 bits per heavy atom. The molecule has 1 heteroatoms. The van der Waals surface area contributed by atoms with Crippen LogP contribution in [0.3, 0.4) is 0 Å². The minimum Gasteiger partial charge on any atom is -0.497 e. The molecular formula is C11H12O. The van der Waals surface area contributed by atoms with Gasteiger partial charge in [0.2, 0.25) is 0 Å². The highest BCUT2D eigenvalue weighted by Gasteiger charge is 1.95. The molecule has 0 aliphatic heterocycles. The van der Waals surface area contributed by atoms with Crippen molar-refractivity contribution < 1.29 is 4.74 Å². The molecule has 0 N–H and O–H groups in total. The first-order valence-corrected chi connectivity index (χ1v) is 3.85. The van der Waals surface area contributed by atoms with Crippen LogP contribution in [0.25, 0.3) is 0 Å². The van der Waals surface area contributed by atoms with Gasteiger partial charge in [0.15, 0.2) is 0 Å². The molecule has 1 aromatic carbocycles. The maximum absolute atomic E-state index is 5.08. The predicted octanol–water partition coefficient (Wildman–Crippen LogP) is 2.38. The average Bonchev–Trinajstić information content (AvgIpc) is 2.09. The van der Waals surface area contributed by atoms with Crippen molar-refractivity contribution >= 4 is 0 Å². The van der Waals surface area contributed by atoms with Gasteiger partial charge in [-0.25, -0.2) is 0 Å². The zero-order valence-electron chi connectivity index (χ0n) is 7.64. The number of rotatable bonds is 1. The van der Waals surface area contributed by atoms with Gasteiger partial charge in [-0.05, 0) is 37.6 Å². The Kier molecular flexibility index (Phi) is 2.76.